The van der Waals surface area contributed by atoms with Crippen LogP contribution in [0.25, 0.3) is 22.1 Å². The van der Waals surface area contributed by atoms with Gasteiger partial charge in [-0.3, -0.25) is 4.79 Å². The van der Waals surface area contributed by atoms with Gasteiger partial charge in [0.15, 0.2) is 0 Å². The second-order valence-electron chi connectivity index (χ2n) is 6.11. The lowest BCUT2D eigenvalue weighted by molar-refractivity contribution is 0.102. The van der Waals surface area contributed by atoms with Gasteiger partial charge in [0.2, 0.25) is 0 Å². The molecule has 1 heterocycles. The molecule has 0 fully saturated rings. The van der Waals surface area contributed by atoms with Crippen molar-refractivity contribution in [3.05, 3.63) is 99.6 Å². The van der Waals surface area contributed by atoms with Crippen LogP contribution in [0.15, 0.2) is 82.0 Å². The molecule has 1 aromatic heterocycles. The fourth-order valence-electron chi connectivity index (χ4n) is 2.90. The van der Waals surface area contributed by atoms with Gasteiger partial charge in [0.25, 0.3) is 5.91 Å². The van der Waals surface area contributed by atoms with Gasteiger partial charge in [-0.25, -0.2) is 9.18 Å². The molecule has 4 rings (SSSR count). The van der Waals surface area contributed by atoms with E-state index < -0.39 is 17.3 Å². The van der Waals surface area contributed by atoms with Crippen molar-refractivity contribution in [2.24, 2.45) is 0 Å². The standard InChI is InChI=1S/C22H13ClFNO3/c23-18-12-14(25-21(26)16-6-2-3-7-19(16)24)9-10-15(18)17-11-13-5-1-4-8-20(13)28-22(17)27/h1-12H,(H,25,26). The average Bonchev–Trinajstić information content (AvgIpc) is 2.68. The van der Waals surface area contributed by atoms with Gasteiger partial charge in [0.05, 0.1) is 16.1 Å². The largest absolute Gasteiger partial charge is 0.422 e. The number of para-hydroxylation sites is 1. The van der Waals surface area contributed by atoms with Crippen LogP contribution in [-0.2, 0) is 0 Å². The van der Waals surface area contributed by atoms with E-state index in [0.717, 1.165) is 5.39 Å². The Morgan fingerprint density at radius 2 is 1.68 bits per heavy atom. The molecule has 0 bridgehead atoms. The lowest BCUT2D eigenvalue weighted by atomic mass is 10.1. The van der Waals surface area contributed by atoms with Crippen LogP contribution in [0.2, 0.25) is 5.02 Å². The normalized spacial score (nSPS) is 10.8. The van der Waals surface area contributed by atoms with Crippen molar-refractivity contribution >= 4 is 34.2 Å². The molecule has 0 unspecified atom stereocenters. The van der Waals surface area contributed by atoms with Crippen molar-refractivity contribution in [2.75, 3.05) is 5.32 Å². The quantitative estimate of drug-likeness (QED) is 0.467. The van der Waals surface area contributed by atoms with Crippen LogP contribution >= 0.6 is 11.6 Å². The summed E-state index contributed by atoms with van der Waals surface area (Å²) in [6.45, 7) is 0. The number of halogens is 2. The number of hydrogen-bond donors (Lipinski definition) is 1. The molecule has 4 nitrogen and oxygen atoms in total. The van der Waals surface area contributed by atoms with Gasteiger partial charge in [0, 0.05) is 16.6 Å². The number of benzene rings is 3. The summed E-state index contributed by atoms with van der Waals surface area (Å²) < 4.78 is 19.1. The molecule has 0 saturated carbocycles. The average molecular weight is 394 g/mol. The summed E-state index contributed by atoms with van der Waals surface area (Å²) in [5.41, 5.74) is 1.08. The third-order valence-corrected chi connectivity index (χ3v) is 4.59. The smallest absolute Gasteiger partial charge is 0.344 e. The predicted molar refractivity (Wildman–Crippen MR) is 107 cm³/mol. The van der Waals surface area contributed by atoms with Gasteiger partial charge >= 0.3 is 5.63 Å². The molecule has 0 radical (unpaired) electrons. The van der Waals surface area contributed by atoms with Crippen LogP contribution in [0.4, 0.5) is 10.1 Å². The zero-order chi connectivity index (χ0) is 19.7. The number of carbonyl (C=O) groups excluding carboxylic acids is 1. The van der Waals surface area contributed by atoms with Crippen LogP contribution in [0.5, 0.6) is 0 Å². The van der Waals surface area contributed by atoms with E-state index in [1.807, 2.05) is 12.1 Å². The highest BCUT2D eigenvalue weighted by molar-refractivity contribution is 6.33. The van der Waals surface area contributed by atoms with Gasteiger partial charge in [-0.1, -0.05) is 48.0 Å². The monoisotopic (exact) mass is 393 g/mol. The Labute approximate surface area is 164 Å². The maximum absolute atomic E-state index is 13.7. The molecular formula is C22H13ClFNO3. The van der Waals surface area contributed by atoms with E-state index in [1.54, 1.807) is 36.4 Å². The summed E-state index contributed by atoms with van der Waals surface area (Å²) in [6.07, 6.45) is 0. The lowest BCUT2D eigenvalue weighted by Crippen LogP contribution is -2.13. The first-order chi connectivity index (χ1) is 13.5. The first kappa shape index (κ1) is 17.9. The zero-order valence-electron chi connectivity index (χ0n) is 14.4. The highest BCUT2D eigenvalue weighted by Crippen LogP contribution is 2.30. The minimum absolute atomic E-state index is 0.0714. The zero-order valence-corrected chi connectivity index (χ0v) is 15.2. The van der Waals surface area contributed by atoms with Crippen molar-refractivity contribution in [1.82, 2.24) is 0 Å². The Kier molecular flexibility index (Phi) is 4.67. The molecule has 28 heavy (non-hydrogen) atoms. The third-order valence-electron chi connectivity index (χ3n) is 4.28. The van der Waals surface area contributed by atoms with Crippen LogP contribution in [-0.4, -0.2) is 5.91 Å². The topological polar surface area (TPSA) is 59.3 Å². The van der Waals surface area contributed by atoms with E-state index in [9.17, 15) is 14.0 Å². The molecule has 0 aliphatic heterocycles. The van der Waals surface area contributed by atoms with E-state index in [1.165, 1.54) is 24.3 Å². The van der Waals surface area contributed by atoms with Crippen LogP contribution in [0.3, 0.4) is 0 Å². The van der Waals surface area contributed by atoms with Gasteiger partial charge in [-0.05, 0) is 36.4 Å². The minimum Gasteiger partial charge on any atom is -0.422 e. The summed E-state index contributed by atoms with van der Waals surface area (Å²) in [6, 6.07) is 19.3. The molecule has 0 spiro atoms. The second kappa shape index (κ2) is 7.29. The van der Waals surface area contributed by atoms with Crippen LogP contribution in [0, 0.1) is 5.82 Å². The molecule has 3 aromatic carbocycles. The Morgan fingerprint density at radius 3 is 2.46 bits per heavy atom. The van der Waals surface area contributed by atoms with Crippen LogP contribution in [0.1, 0.15) is 10.4 Å². The van der Waals surface area contributed by atoms with Crippen molar-refractivity contribution in [3.63, 3.8) is 0 Å². The molecule has 0 aliphatic rings. The summed E-state index contributed by atoms with van der Waals surface area (Å²) in [5, 5.41) is 3.62. The fraction of sp³-hybridized carbons (Fsp3) is 0. The fourth-order valence-corrected chi connectivity index (χ4v) is 3.19. The molecule has 0 aliphatic carbocycles. The van der Waals surface area contributed by atoms with Crippen LogP contribution < -0.4 is 10.9 Å². The number of hydrogen-bond acceptors (Lipinski definition) is 3. The first-order valence-electron chi connectivity index (χ1n) is 8.41. The highest BCUT2D eigenvalue weighted by Gasteiger charge is 2.14. The van der Waals surface area contributed by atoms with Gasteiger partial charge in [-0.2, -0.15) is 0 Å². The lowest BCUT2D eigenvalue weighted by Gasteiger charge is -2.09. The number of carbonyl (C=O) groups is 1. The summed E-state index contributed by atoms with van der Waals surface area (Å²) >= 11 is 6.34. The van der Waals surface area contributed by atoms with Crippen molar-refractivity contribution in [3.8, 4) is 11.1 Å². The Bertz CT molecular complexity index is 1270. The molecule has 0 saturated heterocycles. The van der Waals surface area contributed by atoms with Gasteiger partial charge in [-0.15, -0.1) is 0 Å². The third kappa shape index (κ3) is 3.40. The Balaban J connectivity index is 1.67. The Hall–Kier alpha value is -3.44. The van der Waals surface area contributed by atoms with E-state index in [2.05, 4.69) is 5.32 Å². The summed E-state index contributed by atoms with van der Waals surface area (Å²) in [7, 11) is 0. The molecule has 4 aromatic rings. The van der Waals surface area contributed by atoms with E-state index >= 15 is 0 Å². The first-order valence-corrected chi connectivity index (χ1v) is 8.79. The van der Waals surface area contributed by atoms with E-state index in [4.69, 9.17) is 16.0 Å². The maximum Gasteiger partial charge on any atom is 0.344 e. The minimum atomic E-state index is -0.614. The van der Waals surface area contributed by atoms with E-state index in [-0.39, 0.29) is 10.6 Å². The predicted octanol–water partition coefficient (Wildman–Crippen LogP) is 5.50. The number of anilines is 1. The molecule has 138 valence electrons. The van der Waals surface area contributed by atoms with Crippen molar-refractivity contribution in [1.29, 1.82) is 0 Å². The second-order valence-corrected chi connectivity index (χ2v) is 6.52. The molecule has 1 N–H and O–H groups in total. The maximum atomic E-state index is 13.7. The molecule has 6 heteroatoms. The number of rotatable bonds is 3. The Morgan fingerprint density at radius 1 is 0.929 bits per heavy atom. The van der Waals surface area contributed by atoms with Crippen molar-refractivity contribution in [2.45, 2.75) is 0 Å². The SMILES string of the molecule is O=C(Nc1ccc(-c2cc3ccccc3oc2=O)c(Cl)c1)c1ccccc1F. The summed E-state index contributed by atoms with van der Waals surface area (Å²) in [5.74, 6) is -1.20. The van der Waals surface area contributed by atoms with Crippen molar-refractivity contribution < 1.29 is 13.6 Å². The van der Waals surface area contributed by atoms with Gasteiger partial charge in [0.1, 0.15) is 11.4 Å². The highest BCUT2D eigenvalue weighted by atomic mass is 35.5. The summed E-state index contributed by atoms with van der Waals surface area (Å²) in [4.78, 5) is 24.6. The molecule has 1 amide bonds. The number of amides is 1. The number of nitrogens with one attached hydrogen (secondary N) is 1. The number of fused-ring (bicyclic) bond motifs is 1. The molecule has 0 atom stereocenters. The van der Waals surface area contributed by atoms with Gasteiger partial charge < -0.3 is 9.73 Å². The molecular weight excluding hydrogens is 381 g/mol. The van der Waals surface area contributed by atoms with E-state index in [0.29, 0.717) is 22.4 Å².